The Morgan fingerprint density at radius 3 is 2.06 bits per heavy atom. The van der Waals surface area contributed by atoms with Crippen LogP contribution in [0.2, 0.25) is 0 Å². The van der Waals surface area contributed by atoms with Crippen molar-refractivity contribution in [3.05, 3.63) is 20.1 Å². The first-order valence-electron chi connectivity index (χ1n) is 5.82. The number of Topliss-reactive ketones (excluding diaryl/α,β-unsaturated/α-hetero) is 1. The van der Waals surface area contributed by atoms with Crippen LogP contribution in [-0.2, 0) is 9.53 Å². The lowest BCUT2D eigenvalue weighted by Gasteiger charge is -2.53. The van der Waals surface area contributed by atoms with E-state index in [1.807, 2.05) is 0 Å². The molecule has 0 radical (unpaired) electrons. The van der Waals surface area contributed by atoms with Crippen LogP contribution in [0.15, 0.2) is 20.1 Å². The van der Waals surface area contributed by atoms with Gasteiger partial charge in [0.25, 0.3) is 0 Å². The maximum absolute atomic E-state index is 11.8. The second-order valence-electron chi connectivity index (χ2n) is 5.42. The number of rotatable bonds is 0. The van der Waals surface area contributed by atoms with E-state index >= 15 is 0 Å². The number of ether oxygens (including phenoxy) is 1. The zero-order chi connectivity index (χ0) is 12.8. The summed E-state index contributed by atoms with van der Waals surface area (Å²) in [4.78, 5) is 11.8. The van der Waals surface area contributed by atoms with Crippen LogP contribution in [0.1, 0.15) is 12.8 Å². The van der Waals surface area contributed by atoms with E-state index in [1.54, 1.807) is 0 Å². The SMILES string of the molecule is O=C1C(Cl)=C(Cl)C2(O[C@H]3C4CC(C4)[C@H]32)C(Cl)=C1Cl. The molecule has 4 aliphatic carbocycles. The van der Waals surface area contributed by atoms with Crippen molar-refractivity contribution in [3.8, 4) is 0 Å². The highest BCUT2D eigenvalue weighted by atomic mass is 35.5. The molecular formula is C12H8Cl4O2. The van der Waals surface area contributed by atoms with Crippen molar-refractivity contribution in [1.29, 1.82) is 0 Å². The quantitative estimate of drug-likeness (QED) is 0.678. The average Bonchev–Trinajstić information content (AvgIpc) is 2.72. The highest BCUT2D eigenvalue weighted by Gasteiger charge is 2.73. The summed E-state index contributed by atoms with van der Waals surface area (Å²) in [5.41, 5.74) is -0.939. The van der Waals surface area contributed by atoms with E-state index in [0.29, 0.717) is 11.8 Å². The van der Waals surface area contributed by atoms with Crippen molar-refractivity contribution in [3.63, 3.8) is 0 Å². The van der Waals surface area contributed by atoms with Crippen LogP contribution in [0.3, 0.4) is 0 Å². The van der Waals surface area contributed by atoms with Crippen LogP contribution < -0.4 is 0 Å². The molecule has 1 heterocycles. The molecule has 0 aromatic heterocycles. The van der Waals surface area contributed by atoms with Gasteiger partial charge in [0.1, 0.15) is 15.7 Å². The zero-order valence-corrected chi connectivity index (χ0v) is 12.1. The molecule has 5 aliphatic rings. The Bertz CT molecular complexity index is 516. The van der Waals surface area contributed by atoms with Crippen molar-refractivity contribution in [1.82, 2.24) is 0 Å². The molecule has 2 bridgehead atoms. The van der Waals surface area contributed by atoms with Gasteiger partial charge < -0.3 is 4.74 Å². The minimum Gasteiger partial charge on any atom is -0.359 e. The largest absolute Gasteiger partial charge is 0.359 e. The fourth-order valence-corrected chi connectivity index (χ4v) is 5.17. The minimum atomic E-state index is -0.939. The molecule has 18 heavy (non-hydrogen) atoms. The molecule has 5 rings (SSSR count). The third-order valence-corrected chi connectivity index (χ3v) is 6.62. The Morgan fingerprint density at radius 2 is 1.56 bits per heavy atom. The average molecular weight is 326 g/mol. The van der Waals surface area contributed by atoms with Crippen LogP contribution in [0.25, 0.3) is 0 Å². The number of allylic oxidation sites excluding steroid dienone is 2. The normalized spacial score (nSPS) is 44.1. The summed E-state index contributed by atoms with van der Waals surface area (Å²) < 4.78 is 5.96. The molecule has 0 N–H and O–H groups in total. The van der Waals surface area contributed by atoms with Gasteiger partial charge in [-0.3, -0.25) is 4.79 Å². The summed E-state index contributed by atoms with van der Waals surface area (Å²) in [7, 11) is 0. The number of halogens is 4. The van der Waals surface area contributed by atoms with Crippen LogP contribution in [0, 0.1) is 17.8 Å². The van der Waals surface area contributed by atoms with Crippen LogP contribution in [0.5, 0.6) is 0 Å². The summed E-state index contributed by atoms with van der Waals surface area (Å²) in [6.07, 6.45) is 2.49. The standard InChI is InChI=1S/C12H8Cl4O2/c13-6-8(17)7(14)11(16)12(10(6)15)5-3-1-4(2-3)9(5)18-12/h3-5,9H,1-2H2/t3?,4?,5-,9+/m1/s1. The number of ketones is 1. The van der Waals surface area contributed by atoms with Gasteiger partial charge in [-0.05, 0) is 24.7 Å². The van der Waals surface area contributed by atoms with E-state index in [4.69, 9.17) is 51.1 Å². The summed E-state index contributed by atoms with van der Waals surface area (Å²) >= 11 is 24.4. The number of hydrogen-bond donors (Lipinski definition) is 0. The van der Waals surface area contributed by atoms with E-state index < -0.39 is 11.4 Å². The molecule has 4 fully saturated rings. The maximum atomic E-state index is 11.8. The molecule has 6 heteroatoms. The lowest BCUT2D eigenvalue weighted by molar-refractivity contribution is -0.200. The van der Waals surface area contributed by atoms with Crippen LogP contribution >= 0.6 is 46.4 Å². The number of hydrogen-bond acceptors (Lipinski definition) is 2. The monoisotopic (exact) mass is 324 g/mol. The Hall–Kier alpha value is 0.270. The van der Waals surface area contributed by atoms with Gasteiger partial charge in [-0.2, -0.15) is 0 Å². The molecular weight excluding hydrogens is 318 g/mol. The molecule has 0 unspecified atom stereocenters. The van der Waals surface area contributed by atoms with Crippen molar-refractivity contribution >= 4 is 52.2 Å². The molecule has 1 saturated heterocycles. The first-order chi connectivity index (χ1) is 8.48. The van der Waals surface area contributed by atoms with Crippen molar-refractivity contribution in [2.24, 2.45) is 17.8 Å². The topological polar surface area (TPSA) is 26.3 Å². The Kier molecular flexibility index (Phi) is 2.33. The van der Waals surface area contributed by atoms with E-state index in [1.165, 1.54) is 0 Å². The molecule has 0 aromatic rings. The second kappa shape index (κ2) is 3.48. The van der Waals surface area contributed by atoms with E-state index in [9.17, 15) is 4.79 Å². The number of carbonyl (C=O) groups excluding carboxylic acids is 1. The smallest absolute Gasteiger partial charge is 0.218 e. The maximum Gasteiger partial charge on any atom is 0.218 e. The molecule has 1 spiro atoms. The lowest BCUT2D eigenvalue weighted by atomic mass is 9.72. The zero-order valence-electron chi connectivity index (χ0n) is 9.05. The fraction of sp³-hybridized carbons (Fsp3) is 0.583. The fourth-order valence-electron chi connectivity index (χ4n) is 3.90. The third kappa shape index (κ3) is 1.08. The van der Waals surface area contributed by atoms with E-state index in [2.05, 4.69) is 0 Å². The minimum absolute atomic E-state index is 0.0615. The second-order valence-corrected chi connectivity index (χ2v) is 6.93. The van der Waals surface area contributed by atoms with Gasteiger partial charge in [-0.15, -0.1) is 0 Å². The Morgan fingerprint density at radius 1 is 1.00 bits per heavy atom. The summed E-state index contributed by atoms with van der Waals surface area (Å²) in [5.74, 6) is 0.863. The van der Waals surface area contributed by atoms with E-state index in [-0.39, 0.29) is 32.2 Å². The van der Waals surface area contributed by atoms with Gasteiger partial charge in [-0.1, -0.05) is 46.4 Å². The van der Waals surface area contributed by atoms with Crippen LogP contribution in [0.4, 0.5) is 0 Å². The van der Waals surface area contributed by atoms with Gasteiger partial charge in [0.05, 0.1) is 16.2 Å². The lowest BCUT2D eigenvalue weighted by Crippen LogP contribution is -2.60. The molecule has 3 saturated carbocycles. The molecule has 0 amide bonds. The summed E-state index contributed by atoms with van der Waals surface area (Å²) in [5, 5.41) is 0.289. The van der Waals surface area contributed by atoms with Gasteiger partial charge in [0, 0.05) is 5.92 Å². The van der Waals surface area contributed by atoms with Gasteiger partial charge >= 0.3 is 0 Å². The number of carbonyl (C=O) groups is 1. The third-order valence-electron chi connectivity index (χ3n) is 4.77. The molecule has 2 nitrogen and oxygen atoms in total. The van der Waals surface area contributed by atoms with Gasteiger partial charge in [0.2, 0.25) is 5.78 Å². The first-order valence-corrected chi connectivity index (χ1v) is 7.33. The Balaban J connectivity index is 1.87. The molecule has 96 valence electrons. The van der Waals surface area contributed by atoms with Crippen molar-refractivity contribution in [2.75, 3.05) is 0 Å². The molecule has 1 aliphatic heterocycles. The van der Waals surface area contributed by atoms with Crippen molar-refractivity contribution in [2.45, 2.75) is 24.5 Å². The predicted octanol–water partition coefficient (Wildman–Crippen LogP) is 3.74. The first kappa shape index (κ1) is 12.0. The van der Waals surface area contributed by atoms with E-state index in [0.717, 1.165) is 12.8 Å². The summed E-state index contributed by atoms with van der Waals surface area (Å²) in [6.45, 7) is 0. The van der Waals surface area contributed by atoms with Crippen molar-refractivity contribution < 1.29 is 9.53 Å². The summed E-state index contributed by atoms with van der Waals surface area (Å²) in [6, 6.07) is 0. The van der Waals surface area contributed by atoms with Crippen LogP contribution in [-0.4, -0.2) is 17.5 Å². The molecule has 2 atom stereocenters. The highest BCUT2D eigenvalue weighted by Crippen LogP contribution is 2.70. The van der Waals surface area contributed by atoms with Gasteiger partial charge in [-0.25, -0.2) is 0 Å². The predicted molar refractivity (Wildman–Crippen MR) is 69.8 cm³/mol. The van der Waals surface area contributed by atoms with Gasteiger partial charge in [0.15, 0.2) is 0 Å². The molecule has 0 aromatic carbocycles. The highest BCUT2D eigenvalue weighted by molar-refractivity contribution is 6.61. The Labute approximate surface area is 124 Å².